The second-order valence-corrected chi connectivity index (χ2v) is 4.93. The van der Waals surface area contributed by atoms with Gasteiger partial charge in [0.05, 0.1) is 6.04 Å². The zero-order chi connectivity index (χ0) is 12.7. The summed E-state index contributed by atoms with van der Waals surface area (Å²) >= 11 is 6.13. The van der Waals surface area contributed by atoms with E-state index in [1.807, 2.05) is 19.9 Å². The maximum atomic E-state index is 11.9. The predicted octanol–water partition coefficient (Wildman–Crippen LogP) is 2.13. The van der Waals surface area contributed by atoms with Crippen LogP contribution in [-0.4, -0.2) is 17.7 Å². The van der Waals surface area contributed by atoms with Gasteiger partial charge in [-0.05, 0) is 43.5 Å². The SMILES string of the molecule is Cc1cc(Cl)c(C2C(=O)NC(C)C2=O)cc1C. The molecule has 2 atom stereocenters. The number of Topliss-reactive ketones (excluding diaryl/α,β-unsaturated/α-hetero) is 1. The highest BCUT2D eigenvalue weighted by molar-refractivity contribution is 6.32. The van der Waals surface area contributed by atoms with Crippen LogP contribution < -0.4 is 5.32 Å². The summed E-state index contributed by atoms with van der Waals surface area (Å²) < 4.78 is 0. The Kier molecular flexibility index (Phi) is 2.96. The molecule has 1 amide bonds. The summed E-state index contributed by atoms with van der Waals surface area (Å²) in [7, 11) is 0. The third kappa shape index (κ3) is 1.95. The molecule has 1 fully saturated rings. The van der Waals surface area contributed by atoms with Gasteiger partial charge in [-0.2, -0.15) is 0 Å². The zero-order valence-corrected chi connectivity index (χ0v) is 10.8. The van der Waals surface area contributed by atoms with Crippen molar-refractivity contribution in [2.24, 2.45) is 0 Å². The highest BCUT2D eigenvalue weighted by Crippen LogP contribution is 2.31. The Morgan fingerprint density at radius 1 is 1.18 bits per heavy atom. The molecule has 0 spiro atoms. The largest absolute Gasteiger partial charge is 0.346 e. The van der Waals surface area contributed by atoms with Gasteiger partial charge in [0.2, 0.25) is 5.91 Å². The van der Waals surface area contributed by atoms with Crippen LogP contribution in [0.25, 0.3) is 0 Å². The predicted molar refractivity (Wildman–Crippen MR) is 66.3 cm³/mol. The van der Waals surface area contributed by atoms with Gasteiger partial charge in [-0.25, -0.2) is 0 Å². The fraction of sp³-hybridized carbons (Fsp3) is 0.385. The van der Waals surface area contributed by atoms with Crippen LogP contribution in [0.2, 0.25) is 5.02 Å². The van der Waals surface area contributed by atoms with Crippen LogP contribution in [0.15, 0.2) is 12.1 Å². The summed E-state index contributed by atoms with van der Waals surface area (Å²) in [5.41, 5.74) is 2.70. The molecule has 1 aromatic rings. The molecule has 3 nitrogen and oxygen atoms in total. The van der Waals surface area contributed by atoms with E-state index in [4.69, 9.17) is 11.6 Å². The monoisotopic (exact) mass is 251 g/mol. The highest BCUT2D eigenvalue weighted by atomic mass is 35.5. The van der Waals surface area contributed by atoms with Crippen LogP contribution in [0.3, 0.4) is 0 Å². The molecule has 1 saturated heterocycles. The lowest BCUT2D eigenvalue weighted by atomic mass is 9.92. The Bertz CT molecular complexity index is 510. The number of hydrogen-bond acceptors (Lipinski definition) is 2. The standard InChI is InChI=1S/C13H14ClNO2/c1-6-4-9(10(14)5-7(6)2)11-12(16)8(3)15-13(11)17/h4-5,8,11H,1-3H3,(H,15,17). The maximum Gasteiger partial charge on any atom is 0.235 e. The van der Waals surface area contributed by atoms with Crippen molar-refractivity contribution in [1.82, 2.24) is 5.32 Å². The number of nitrogens with one attached hydrogen (secondary N) is 1. The highest BCUT2D eigenvalue weighted by Gasteiger charge is 2.40. The second-order valence-electron chi connectivity index (χ2n) is 4.52. The topological polar surface area (TPSA) is 46.2 Å². The summed E-state index contributed by atoms with van der Waals surface area (Å²) in [5, 5.41) is 3.11. The number of ketones is 1. The number of benzene rings is 1. The van der Waals surface area contributed by atoms with Gasteiger partial charge in [-0.3, -0.25) is 9.59 Å². The lowest BCUT2D eigenvalue weighted by molar-refractivity contribution is -0.124. The molecule has 2 unspecified atom stereocenters. The second kappa shape index (κ2) is 4.15. The van der Waals surface area contributed by atoms with E-state index in [-0.39, 0.29) is 11.7 Å². The molecule has 17 heavy (non-hydrogen) atoms. The van der Waals surface area contributed by atoms with Gasteiger partial charge < -0.3 is 5.32 Å². The van der Waals surface area contributed by atoms with Gasteiger partial charge in [0.15, 0.2) is 5.78 Å². The van der Waals surface area contributed by atoms with Gasteiger partial charge in [0, 0.05) is 5.02 Å². The molecule has 90 valence electrons. The van der Waals surface area contributed by atoms with Crippen LogP contribution in [0.1, 0.15) is 29.5 Å². The van der Waals surface area contributed by atoms with Gasteiger partial charge in [-0.1, -0.05) is 17.7 Å². The molecule has 0 aromatic heterocycles. The minimum atomic E-state index is -0.753. The Morgan fingerprint density at radius 2 is 1.76 bits per heavy atom. The van der Waals surface area contributed by atoms with Crippen LogP contribution in [0.4, 0.5) is 0 Å². The average Bonchev–Trinajstić information content (AvgIpc) is 2.48. The van der Waals surface area contributed by atoms with Crippen molar-refractivity contribution in [3.05, 3.63) is 33.8 Å². The summed E-state index contributed by atoms with van der Waals surface area (Å²) in [6, 6.07) is 3.21. The maximum absolute atomic E-state index is 11.9. The lowest BCUT2D eigenvalue weighted by Gasteiger charge is -2.11. The van der Waals surface area contributed by atoms with E-state index in [2.05, 4.69) is 5.32 Å². The molecule has 1 heterocycles. The first-order valence-corrected chi connectivity index (χ1v) is 5.90. The van der Waals surface area contributed by atoms with Gasteiger partial charge in [0.25, 0.3) is 0 Å². The number of hydrogen-bond donors (Lipinski definition) is 1. The number of halogens is 1. The zero-order valence-electron chi connectivity index (χ0n) is 10.0. The summed E-state index contributed by atoms with van der Waals surface area (Å²) in [6.07, 6.45) is 0. The molecule has 1 N–H and O–H groups in total. The molecule has 1 aliphatic heterocycles. The molecule has 1 aliphatic rings. The summed E-state index contributed by atoms with van der Waals surface area (Å²) in [5.74, 6) is -1.12. The lowest BCUT2D eigenvalue weighted by Crippen LogP contribution is -2.25. The fourth-order valence-electron chi connectivity index (χ4n) is 2.07. The van der Waals surface area contributed by atoms with Crippen LogP contribution >= 0.6 is 11.6 Å². The Hall–Kier alpha value is -1.35. The minimum Gasteiger partial charge on any atom is -0.346 e. The van der Waals surface area contributed by atoms with Crippen LogP contribution in [0, 0.1) is 13.8 Å². The van der Waals surface area contributed by atoms with E-state index in [0.29, 0.717) is 10.6 Å². The van der Waals surface area contributed by atoms with E-state index >= 15 is 0 Å². The van der Waals surface area contributed by atoms with E-state index in [0.717, 1.165) is 11.1 Å². The molecule has 0 aliphatic carbocycles. The van der Waals surface area contributed by atoms with Crippen molar-refractivity contribution in [3.8, 4) is 0 Å². The van der Waals surface area contributed by atoms with Crippen molar-refractivity contribution >= 4 is 23.3 Å². The number of amides is 1. The first-order valence-electron chi connectivity index (χ1n) is 5.52. The third-order valence-corrected chi connectivity index (χ3v) is 3.58. The molecule has 1 aromatic carbocycles. The minimum absolute atomic E-state index is 0.111. The van der Waals surface area contributed by atoms with Crippen molar-refractivity contribution in [3.63, 3.8) is 0 Å². The molecule has 0 radical (unpaired) electrons. The molecular formula is C13H14ClNO2. The summed E-state index contributed by atoms with van der Waals surface area (Å²) in [6.45, 7) is 5.58. The van der Waals surface area contributed by atoms with E-state index < -0.39 is 12.0 Å². The van der Waals surface area contributed by atoms with E-state index in [1.165, 1.54) is 0 Å². The Morgan fingerprint density at radius 3 is 2.29 bits per heavy atom. The Labute approximate surface area is 105 Å². The Balaban J connectivity index is 2.51. The van der Waals surface area contributed by atoms with Crippen molar-refractivity contribution in [2.45, 2.75) is 32.7 Å². The van der Waals surface area contributed by atoms with Crippen molar-refractivity contribution in [1.29, 1.82) is 0 Å². The number of rotatable bonds is 1. The normalized spacial score (nSPS) is 24.0. The molecular weight excluding hydrogens is 238 g/mol. The molecule has 0 saturated carbocycles. The van der Waals surface area contributed by atoms with Crippen LogP contribution in [0.5, 0.6) is 0 Å². The summed E-state index contributed by atoms with van der Waals surface area (Å²) in [4.78, 5) is 23.7. The third-order valence-electron chi connectivity index (χ3n) is 3.26. The van der Waals surface area contributed by atoms with E-state index in [9.17, 15) is 9.59 Å². The van der Waals surface area contributed by atoms with E-state index in [1.54, 1.807) is 13.0 Å². The molecule has 2 rings (SSSR count). The first-order chi connectivity index (χ1) is 7.91. The average molecular weight is 252 g/mol. The molecule has 4 heteroatoms. The van der Waals surface area contributed by atoms with Crippen molar-refractivity contribution < 1.29 is 9.59 Å². The van der Waals surface area contributed by atoms with Gasteiger partial charge in [-0.15, -0.1) is 0 Å². The number of aryl methyl sites for hydroxylation is 2. The quantitative estimate of drug-likeness (QED) is 0.778. The smallest absolute Gasteiger partial charge is 0.235 e. The number of carbonyl (C=O) groups is 2. The molecule has 0 bridgehead atoms. The first kappa shape index (κ1) is 12.1. The fourth-order valence-corrected chi connectivity index (χ4v) is 2.39. The van der Waals surface area contributed by atoms with Gasteiger partial charge >= 0.3 is 0 Å². The van der Waals surface area contributed by atoms with Gasteiger partial charge in [0.1, 0.15) is 5.92 Å². The number of carbonyl (C=O) groups excluding carboxylic acids is 2. The van der Waals surface area contributed by atoms with Crippen LogP contribution in [-0.2, 0) is 9.59 Å². The van der Waals surface area contributed by atoms with Crippen molar-refractivity contribution in [2.75, 3.05) is 0 Å².